The second kappa shape index (κ2) is 7.78. The molecule has 1 aliphatic heterocycles. The number of likely N-dealkylation sites (tertiary alicyclic amines) is 1. The van der Waals surface area contributed by atoms with Gasteiger partial charge in [-0.1, -0.05) is 12.1 Å². The lowest BCUT2D eigenvalue weighted by Crippen LogP contribution is -2.48. The van der Waals surface area contributed by atoms with Gasteiger partial charge in [0.25, 0.3) is 0 Å². The van der Waals surface area contributed by atoms with Gasteiger partial charge in [-0.3, -0.25) is 9.69 Å². The van der Waals surface area contributed by atoms with Gasteiger partial charge in [0.1, 0.15) is 11.5 Å². The topological polar surface area (TPSA) is 82.6 Å². The van der Waals surface area contributed by atoms with Crippen LogP contribution in [-0.4, -0.2) is 40.4 Å². The Hall–Kier alpha value is -3.12. The number of carbonyl (C=O) groups excluding carboxylic acids is 1. The van der Waals surface area contributed by atoms with E-state index in [0.29, 0.717) is 24.2 Å². The van der Waals surface area contributed by atoms with Crippen LogP contribution >= 0.6 is 0 Å². The van der Waals surface area contributed by atoms with Crippen molar-refractivity contribution in [3.8, 4) is 5.75 Å². The van der Waals surface area contributed by atoms with Gasteiger partial charge in [-0.2, -0.15) is 0 Å². The van der Waals surface area contributed by atoms with Crippen LogP contribution in [0.15, 0.2) is 42.6 Å². The van der Waals surface area contributed by atoms with E-state index in [1.807, 2.05) is 18.3 Å². The van der Waals surface area contributed by atoms with E-state index in [1.165, 1.54) is 5.39 Å². The van der Waals surface area contributed by atoms with Crippen molar-refractivity contribution in [3.05, 3.63) is 64.8 Å². The van der Waals surface area contributed by atoms with Crippen LogP contribution in [0.2, 0.25) is 0 Å². The number of carboxylic acid groups (broad SMARTS) is 1. The molecule has 166 valence electrons. The van der Waals surface area contributed by atoms with E-state index in [-0.39, 0.29) is 11.5 Å². The molecule has 2 heterocycles. The van der Waals surface area contributed by atoms with E-state index in [4.69, 9.17) is 4.74 Å². The van der Waals surface area contributed by atoms with Crippen LogP contribution in [-0.2, 0) is 11.3 Å². The third-order valence-electron chi connectivity index (χ3n) is 7.38. The number of nitrogens with one attached hydrogen (secondary N) is 1. The number of ether oxygens (including phenoxy) is 1. The van der Waals surface area contributed by atoms with E-state index < -0.39 is 5.97 Å². The molecule has 1 aromatic heterocycles. The van der Waals surface area contributed by atoms with Crippen molar-refractivity contribution >= 4 is 22.7 Å². The first-order valence-electron chi connectivity index (χ1n) is 11.1. The molecule has 2 N–H and O–H groups in total. The summed E-state index contributed by atoms with van der Waals surface area (Å²) in [6, 6.07) is 11.5. The van der Waals surface area contributed by atoms with Gasteiger partial charge in [0.15, 0.2) is 0 Å². The Morgan fingerprint density at radius 3 is 2.66 bits per heavy atom. The van der Waals surface area contributed by atoms with Crippen LogP contribution in [0.25, 0.3) is 10.9 Å². The minimum atomic E-state index is -0.919. The third kappa shape index (κ3) is 3.48. The van der Waals surface area contributed by atoms with Crippen LogP contribution in [0.5, 0.6) is 5.75 Å². The molecular formula is C26H28N2O4. The van der Waals surface area contributed by atoms with Gasteiger partial charge in [-0.25, -0.2) is 4.79 Å². The molecule has 0 amide bonds. The van der Waals surface area contributed by atoms with Gasteiger partial charge in [0, 0.05) is 48.1 Å². The van der Waals surface area contributed by atoms with Gasteiger partial charge >= 0.3 is 5.97 Å². The van der Waals surface area contributed by atoms with Crippen LogP contribution in [0.3, 0.4) is 0 Å². The molecule has 6 heteroatoms. The summed E-state index contributed by atoms with van der Waals surface area (Å²) >= 11 is 0. The maximum Gasteiger partial charge on any atom is 0.335 e. The van der Waals surface area contributed by atoms with E-state index in [2.05, 4.69) is 28.9 Å². The first kappa shape index (κ1) is 20.8. The molecule has 1 spiro atoms. The highest BCUT2D eigenvalue weighted by molar-refractivity contribution is 5.88. The number of carboxylic acids is 1. The third-order valence-corrected chi connectivity index (χ3v) is 7.38. The van der Waals surface area contributed by atoms with Gasteiger partial charge in [0.05, 0.1) is 12.7 Å². The smallest absolute Gasteiger partial charge is 0.335 e. The Morgan fingerprint density at radius 2 is 2.00 bits per heavy atom. The molecule has 0 unspecified atom stereocenters. The highest BCUT2D eigenvalue weighted by Crippen LogP contribution is 2.53. The summed E-state index contributed by atoms with van der Waals surface area (Å²) in [4.78, 5) is 29.0. The first-order chi connectivity index (χ1) is 15.4. The predicted molar refractivity (Wildman–Crippen MR) is 122 cm³/mol. The first-order valence-corrected chi connectivity index (χ1v) is 11.1. The summed E-state index contributed by atoms with van der Waals surface area (Å²) < 4.78 is 5.77. The lowest BCUT2D eigenvalue weighted by Gasteiger charge is -2.51. The van der Waals surface area contributed by atoms with Gasteiger partial charge < -0.3 is 14.8 Å². The molecular weight excluding hydrogens is 404 g/mol. The highest BCUT2D eigenvalue weighted by atomic mass is 16.5. The molecule has 1 atom stereocenters. The lowest BCUT2D eigenvalue weighted by molar-refractivity contribution is -0.137. The van der Waals surface area contributed by atoms with Crippen molar-refractivity contribution in [2.75, 3.05) is 13.7 Å². The number of aromatic nitrogens is 1. The summed E-state index contributed by atoms with van der Waals surface area (Å²) in [5, 5.41) is 10.5. The van der Waals surface area contributed by atoms with Crippen molar-refractivity contribution in [2.24, 2.45) is 5.41 Å². The fourth-order valence-corrected chi connectivity index (χ4v) is 5.63. The Labute approximate surface area is 187 Å². The molecule has 1 saturated heterocycles. The van der Waals surface area contributed by atoms with Crippen LogP contribution in [0.4, 0.5) is 0 Å². The molecule has 0 radical (unpaired) electrons. The molecule has 3 aromatic rings. The van der Waals surface area contributed by atoms with Gasteiger partial charge in [-0.05, 0) is 67.1 Å². The number of ketones is 1. The van der Waals surface area contributed by atoms with Crippen LogP contribution < -0.4 is 4.74 Å². The molecule has 0 bridgehead atoms. The van der Waals surface area contributed by atoms with Crippen molar-refractivity contribution in [1.82, 2.24) is 9.88 Å². The Bertz CT molecular complexity index is 1190. The zero-order valence-corrected chi connectivity index (χ0v) is 18.5. The van der Waals surface area contributed by atoms with Crippen molar-refractivity contribution < 1.29 is 19.4 Å². The second-order valence-electron chi connectivity index (χ2n) is 9.40. The summed E-state index contributed by atoms with van der Waals surface area (Å²) in [7, 11) is 1.71. The van der Waals surface area contributed by atoms with Crippen LogP contribution in [0.1, 0.15) is 58.8 Å². The number of rotatable bonds is 5. The lowest BCUT2D eigenvalue weighted by atomic mass is 9.60. The summed E-state index contributed by atoms with van der Waals surface area (Å²) in [6.07, 6.45) is 5.22. The molecule has 2 fully saturated rings. The van der Waals surface area contributed by atoms with E-state index in [0.717, 1.165) is 53.9 Å². The van der Waals surface area contributed by atoms with Gasteiger partial charge in [0.2, 0.25) is 0 Å². The average molecular weight is 433 g/mol. The largest absolute Gasteiger partial charge is 0.496 e. The fourth-order valence-electron chi connectivity index (χ4n) is 5.63. The van der Waals surface area contributed by atoms with Crippen molar-refractivity contribution in [1.29, 1.82) is 0 Å². The number of aromatic amines is 1. The quantitative estimate of drug-likeness (QED) is 0.601. The minimum Gasteiger partial charge on any atom is -0.496 e. The summed E-state index contributed by atoms with van der Waals surface area (Å²) in [5.74, 6) is 0.318. The standard InChI is InChI=1S/C26H28N2O4/c1-16-11-23(32-2)21(20-7-9-27-24(16)20)15-28-10-8-26(12-19(29)13-26)14-22(28)17-3-5-18(6-4-17)25(30)31/h3-7,9,11,22,27H,8,10,12-15H2,1-2H3,(H,30,31)/t22-/m1/s1. The number of nitrogens with zero attached hydrogens (tertiary/aromatic N) is 1. The number of hydrogen-bond donors (Lipinski definition) is 2. The SMILES string of the molecule is COc1cc(C)c2[nH]ccc2c1CN1CCC2(CC(=O)C2)C[C@@H]1c1ccc(C(=O)O)cc1. The number of carbonyl (C=O) groups is 2. The van der Waals surface area contributed by atoms with Crippen LogP contribution in [0, 0.1) is 12.3 Å². The van der Waals surface area contributed by atoms with Crippen molar-refractivity contribution in [3.63, 3.8) is 0 Å². The zero-order chi connectivity index (χ0) is 22.5. The highest BCUT2D eigenvalue weighted by Gasteiger charge is 2.48. The Morgan fingerprint density at radius 1 is 1.25 bits per heavy atom. The number of Topliss-reactive ketones (excluding diaryl/α,β-unsaturated/α-hetero) is 1. The monoisotopic (exact) mass is 432 g/mol. The van der Waals surface area contributed by atoms with Crippen molar-refractivity contribution in [2.45, 2.75) is 45.2 Å². The molecule has 2 aliphatic rings. The number of piperidine rings is 1. The predicted octanol–water partition coefficient (Wildman–Crippen LogP) is 4.87. The number of fused-ring (bicyclic) bond motifs is 1. The Balaban J connectivity index is 1.51. The summed E-state index contributed by atoms with van der Waals surface area (Å²) in [6.45, 7) is 3.70. The number of aromatic carboxylic acids is 1. The number of aryl methyl sites for hydroxylation is 1. The normalized spacial score (nSPS) is 20.4. The molecule has 1 aliphatic carbocycles. The van der Waals surface area contributed by atoms with E-state index >= 15 is 0 Å². The number of hydrogen-bond acceptors (Lipinski definition) is 4. The summed E-state index contributed by atoms with van der Waals surface area (Å²) in [5.41, 5.74) is 4.91. The molecule has 5 rings (SSSR count). The fraction of sp³-hybridized carbons (Fsp3) is 0.385. The maximum atomic E-state index is 11.8. The number of methoxy groups -OCH3 is 1. The Kier molecular flexibility index (Phi) is 5.05. The maximum absolute atomic E-state index is 11.8. The number of benzene rings is 2. The second-order valence-corrected chi connectivity index (χ2v) is 9.40. The molecule has 1 saturated carbocycles. The molecule has 32 heavy (non-hydrogen) atoms. The molecule has 2 aromatic carbocycles. The van der Waals surface area contributed by atoms with Gasteiger partial charge in [-0.15, -0.1) is 0 Å². The molecule has 6 nitrogen and oxygen atoms in total. The van der Waals surface area contributed by atoms with E-state index in [9.17, 15) is 14.7 Å². The van der Waals surface area contributed by atoms with E-state index in [1.54, 1.807) is 19.2 Å². The zero-order valence-electron chi connectivity index (χ0n) is 18.5. The minimum absolute atomic E-state index is 0.0878. The number of H-pyrrole nitrogens is 1. The average Bonchev–Trinajstić information content (AvgIpc) is 3.26.